The number of rotatable bonds is 3. The fourth-order valence-electron chi connectivity index (χ4n) is 2.03. The normalized spacial score (nSPS) is 13.1. The Morgan fingerprint density at radius 3 is 2.67 bits per heavy atom. The van der Waals surface area contributed by atoms with Gasteiger partial charge in [0.1, 0.15) is 5.82 Å². The fourth-order valence-corrected chi connectivity index (χ4v) is 2.03. The van der Waals surface area contributed by atoms with Crippen LogP contribution < -0.4 is 11.1 Å². The van der Waals surface area contributed by atoms with Gasteiger partial charge in [-0.2, -0.15) is 0 Å². The van der Waals surface area contributed by atoms with Crippen molar-refractivity contribution >= 4 is 22.6 Å². The zero-order valence-corrected chi connectivity index (χ0v) is 13.1. The molecule has 21 heavy (non-hydrogen) atoms. The van der Waals surface area contributed by atoms with Gasteiger partial charge in [-0.3, -0.25) is 4.79 Å². The molecule has 1 unspecified atom stereocenters. The highest BCUT2D eigenvalue weighted by molar-refractivity contribution is 6.06. The van der Waals surface area contributed by atoms with E-state index in [0.717, 1.165) is 10.9 Å². The molecule has 0 fully saturated rings. The maximum atomic E-state index is 12.4. The summed E-state index contributed by atoms with van der Waals surface area (Å²) in [6, 6.07) is 9.18. The summed E-state index contributed by atoms with van der Waals surface area (Å²) < 4.78 is 0. The van der Waals surface area contributed by atoms with E-state index < -0.39 is 0 Å². The quantitative estimate of drug-likeness (QED) is 0.909. The van der Waals surface area contributed by atoms with Crippen LogP contribution in [0.5, 0.6) is 0 Å². The smallest absolute Gasteiger partial charge is 0.252 e. The number of nitrogens with two attached hydrogens (primary N) is 1. The summed E-state index contributed by atoms with van der Waals surface area (Å²) in [7, 11) is 0. The van der Waals surface area contributed by atoms with Gasteiger partial charge in [0.05, 0.1) is 11.1 Å². The summed E-state index contributed by atoms with van der Waals surface area (Å²) >= 11 is 0. The number of carbonyl (C=O) groups excluding carboxylic acids is 1. The number of nitrogens with zero attached hydrogens (tertiary/aromatic N) is 1. The number of nitrogens with one attached hydrogen (secondary N) is 1. The number of nitrogen functional groups attached to an aromatic ring is 1. The van der Waals surface area contributed by atoms with Crippen molar-refractivity contribution in [1.29, 1.82) is 0 Å². The number of fused-ring (bicyclic) bond motifs is 1. The van der Waals surface area contributed by atoms with Gasteiger partial charge in [0.2, 0.25) is 0 Å². The number of benzene rings is 1. The van der Waals surface area contributed by atoms with E-state index in [4.69, 9.17) is 5.73 Å². The van der Waals surface area contributed by atoms with Crippen LogP contribution in [-0.2, 0) is 0 Å². The maximum absolute atomic E-state index is 12.4. The second-order valence-electron chi connectivity index (χ2n) is 6.59. The minimum absolute atomic E-state index is 0.101. The van der Waals surface area contributed by atoms with Crippen molar-refractivity contribution in [2.75, 3.05) is 12.3 Å². The minimum atomic E-state index is -0.101. The number of aromatic nitrogens is 1. The van der Waals surface area contributed by atoms with Gasteiger partial charge in [-0.1, -0.05) is 45.9 Å². The molecule has 4 nitrogen and oxygen atoms in total. The Bertz CT molecular complexity index is 659. The van der Waals surface area contributed by atoms with Crippen molar-refractivity contribution < 1.29 is 4.79 Å². The summed E-state index contributed by atoms with van der Waals surface area (Å²) in [6.07, 6.45) is 0. The topological polar surface area (TPSA) is 68.0 Å². The number of hydrogen-bond acceptors (Lipinski definition) is 3. The van der Waals surface area contributed by atoms with Gasteiger partial charge in [-0.05, 0) is 23.5 Å². The van der Waals surface area contributed by atoms with Crippen molar-refractivity contribution in [2.45, 2.75) is 27.7 Å². The molecule has 0 aliphatic carbocycles. The van der Waals surface area contributed by atoms with Crippen molar-refractivity contribution in [3.05, 3.63) is 35.9 Å². The molecule has 0 radical (unpaired) electrons. The molecule has 0 spiro atoms. The molecule has 0 aliphatic rings. The van der Waals surface area contributed by atoms with Gasteiger partial charge in [0.15, 0.2) is 0 Å². The van der Waals surface area contributed by atoms with Crippen molar-refractivity contribution in [2.24, 2.45) is 11.3 Å². The van der Waals surface area contributed by atoms with Crippen LogP contribution in [0.25, 0.3) is 10.9 Å². The SMILES string of the molecule is CC(CNC(=O)c1cc(N)nc2ccccc12)C(C)(C)C. The van der Waals surface area contributed by atoms with Gasteiger partial charge in [-0.25, -0.2) is 4.98 Å². The van der Waals surface area contributed by atoms with Crippen LogP contribution in [0, 0.1) is 11.3 Å². The number of pyridine rings is 1. The van der Waals surface area contributed by atoms with Crippen LogP contribution in [0.3, 0.4) is 0 Å². The minimum Gasteiger partial charge on any atom is -0.384 e. The van der Waals surface area contributed by atoms with Gasteiger partial charge in [-0.15, -0.1) is 0 Å². The number of hydrogen-bond donors (Lipinski definition) is 2. The Morgan fingerprint density at radius 1 is 1.33 bits per heavy atom. The van der Waals surface area contributed by atoms with E-state index in [2.05, 4.69) is 38.0 Å². The van der Waals surface area contributed by atoms with Gasteiger partial charge in [0.25, 0.3) is 5.91 Å². The Hall–Kier alpha value is -2.10. The molecule has 112 valence electrons. The molecular formula is C17H23N3O. The highest BCUT2D eigenvalue weighted by Gasteiger charge is 2.21. The third kappa shape index (κ3) is 3.51. The third-order valence-corrected chi connectivity index (χ3v) is 4.03. The van der Waals surface area contributed by atoms with Crippen LogP contribution >= 0.6 is 0 Å². The predicted molar refractivity (Wildman–Crippen MR) is 87.1 cm³/mol. The van der Waals surface area contributed by atoms with Crippen molar-refractivity contribution in [1.82, 2.24) is 10.3 Å². The number of carbonyl (C=O) groups is 1. The first kappa shape index (κ1) is 15.3. The van der Waals surface area contributed by atoms with Crippen LogP contribution in [-0.4, -0.2) is 17.4 Å². The second-order valence-corrected chi connectivity index (χ2v) is 6.59. The molecule has 1 aromatic carbocycles. The fraction of sp³-hybridized carbons (Fsp3) is 0.412. The maximum Gasteiger partial charge on any atom is 0.252 e. The summed E-state index contributed by atoms with van der Waals surface area (Å²) in [5.41, 5.74) is 7.28. The first-order valence-corrected chi connectivity index (χ1v) is 7.22. The highest BCUT2D eigenvalue weighted by atomic mass is 16.1. The molecule has 3 N–H and O–H groups in total. The standard InChI is InChI=1S/C17H23N3O/c1-11(17(2,3)4)10-19-16(21)13-9-15(18)20-14-8-6-5-7-12(13)14/h5-9,11H,10H2,1-4H3,(H2,18,20)(H,19,21). The molecule has 4 heteroatoms. The lowest BCUT2D eigenvalue weighted by atomic mass is 9.82. The first-order valence-electron chi connectivity index (χ1n) is 7.22. The Kier molecular flexibility index (Phi) is 4.16. The first-order chi connectivity index (χ1) is 9.79. The predicted octanol–water partition coefficient (Wildman–Crippen LogP) is 3.23. The Morgan fingerprint density at radius 2 is 2.00 bits per heavy atom. The second kappa shape index (κ2) is 5.72. The van der Waals surface area contributed by atoms with Gasteiger partial charge in [0, 0.05) is 11.9 Å². The molecule has 2 aromatic rings. The third-order valence-electron chi connectivity index (χ3n) is 4.03. The summed E-state index contributed by atoms with van der Waals surface area (Å²) in [5, 5.41) is 3.83. The molecule has 1 heterocycles. The van der Waals surface area contributed by atoms with Gasteiger partial charge >= 0.3 is 0 Å². The van der Waals surface area contributed by atoms with E-state index in [1.807, 2.05) is 24.3 Å². The molecule has 1 atom stereocenters. The monoisotopic (exact) mass is 285 g/mol. The van der Waals surface area contributed by atoms with Crippen molar-refractivity contribution in [3.8, 4) is 0 Å². The van der Waals surface area contributed by atoms with Gasteiger partial charge < -0.3 is 11.1 Å². The summed E-state index contributed by atoms with van der Waals surface area (Å²) in [6.45, 7) is 9.29. The average molecular weight is 285 g/mol. The summed E-state index contributed by atoms with van der Waals surface area (Å²) in [4.78, 5) is 16.7. The zero-order chi connectivity index (χ0) is 15.6. The summed E-state index contributed by atoms with van der Waals surface area (Å²) in [5.74, 6) is 0.644. The van der Waals surface area contributed by atoms with E-state index in [1.165, 1.54) is 0 Å². The van der Waals surface area contributed by atoms with Crippen molar-refractivity contribution in [3.63, 3.8) is 0 Å². The molecule has 1 aromatic heterocycles. The molecule has 0 saturated carbocycles. The number of anilines is 1. The Labute approximate surface area is 125 Å². The van der Waals surface area contributed by atoms with E-state index in [1.54, 1.807) is 6.07 Å². The van der Waals surface area contributed by atoms with Crippen LogP contribution in [0.1, 0.15) is 38.1 Å². The van der Waals surface area contributed by atoms with E-state index in [0.29, 0.717) is 23.8 Å². The zero-order valence-electron chi connectivity index (χ0n) is 13.1. The molecule has 0 bridgehead atoms. The van der Waals surface area contributed by atoms with E-state index in [-0.39, 0.29) is 11.3 Å². The van der Waals surface area contributed by atoms with E-state index >= 15 is 0 Å². The average Bonchev–Trinajstić information content (AvgIpc) is 2.42. The lowest BCUT2D eigenvalue weighted by molar-refractivity contribution is 0.0938. The number of para-hydroxylation sites is 1. The molecule has 0 saturated heterocycles. The lowest BCUT2D eigenvalue weighted by Gasteiger charge is -2.27. The highest BCUT2D eigenvalue weighted by Crippen LogP contribution is 2.25. The largest absolute Gasteiger partial charge is 0.384 e. The van der Waals surface area contributed by atoms with Crippen LogP contribution in [0.2, 0.25) is 0 Å². The number of amides is 1. The molecular weight excluding hydrogens is 262 g/mol. The van der Waals surface area contributed by atoms with E-state index in [9.17, 15) is 4.79 Å². The molecule has 2 rings (SSSR count). The molecule has 1 amide bonds. The Balaban J connectivity index is 2.24. The lowest BCUT2D eigenvalue weighted by Crippen LogP contribution is -2.33. The molecule has 0 aliphatic heterocycles. The van der Waals surface area contributed by atoms with Crippen LogP contribution in [0.4, 0.5) is 5.82 Å². The van der Waals surface area contributed by atoms with Crippen LogP contribution in [0.15, 0.2) is 30.3 Å².